The van der Waals surface area contributed by atoms with Crippen molar-refractivity contribution in [2.24, 2.45) is 5.92 Å². The van der Waals surface area contributed by atoms with Crippen LogP contribution in [0, 0.1) is 5.92 Å². The van der Waals surface area contributed by atoms with Crippen LogP contribution in [0.1, 0.15) is 59.2 Å². The van der Waals surface area contributed by atoms with Crippen LogP contribution in [0.15, 0.2) is 35.8 Å². The van der Waals surface area contributed by atoms with E-state index in [1.165, 1.54) is 6.92 Å². The molecule has 152 valence electrons. The van der Waals surface area contributed by atoms with Gasteiger partial charge in [-0.25, -0.2) is 4.98 Å². The molecular weight excluding hydrogens is 388 g/mol. The van der Waals surface area contributed by atoms with Gasteiger partial charge in [-0.3, -0.25) is 14.4 Å². The van der Waals surface area contributed by atoms with E-state index in [4.69, 9.17) is 0 Å². The standard InChI is InChI=1S/C21H24N4O3S/c1-13(26)23-19(21-22-8-11-29-21)14-6-9-25(10-7-14)18(27)12-17-15-4-2-3-5-16(15)20(28)24-17/h2-5,8,11,14,17,19H,6-7,9-10,12H2,1H3,(H,23,26)(H,24,28)/t17-,19-/m1/s1. The lowest BCUT2D eigenvalue weighted by atomic mass is 9.89. The minimum Gasteiger partial charge on any atom is -0.347 e. The molecule has 0 bridgehead atoms. The molecule has 0 spiro atoms. The van der Waals surface area contributed by atoms with Crippen molar-refractivity contribution in [2.75, 3.05) is 13.1 Å². The second-order valence-corrected chi connectivity index (χ2v) is 8.51. The van der Waals surface area contributed by atoms with Gasteiger partial charge < -0.3 is 15.5 Å². The van der Waals surface area contributed by atoms with Crippen LogP contribution in [0.5, 0.6) is 0 Å². The highest BCUT2D eigenvalue weighted by molar-refractivity contribution is 7.09. The minimum atomic E-state index is -0.258. The highest BCUT2D eigenvalue weighted by Crippen LogP contribution is 2.33. The van der Waals surface area contributed by atoms with E-state index in [0.717, 1.165) is 23.4 Å². The molecular formula is C21H24N4O3S. The number of fused-ring (bicyclic) bond motifs is 1. The molecule has 3 amide bonds. The fourth-order valence-electron chi connectivity index (χ4n) is 4.26. The van der Waals surface area contributed by atoms with E-state index in [-0.39, 0.29) is 42.1 Å². The fraction of sp³-hybridized carbons (Fsp3) is 0.429. The van der Waals surface area contributed by atoms with Crippen molar-refractivity contribution in [3.63, 3.8) is 0 Å². The van der Waals surface area contributed by atoms with Crippen molar-refractivity contribution in [1.29, 1.82) is 0 Å². The number of rotatable bonds is 5. The number of hydrogen-bond acceptors (Lipinski definition) is 5. The molecule has 3 heterocycles. The van der Waals surface area contributed by atoms with Gasteiger partial charge in [-0.2, -0.15) is 0 Å². The summed E-state index contributed by atoms with van der Waals surface area (Å²) in [6.45, 7) is 2.81. The monoisotopic (exact) mass is 412 g/mol. The molecule has 1 fully saturated rings. The third-order valence-electron chi connectivity index (χ3n) is 5.70. The maximum atomic E-state index is 12.8. The molecule has 2 N–H and O–H groups in total. The van der Waals surface area contributed by atoms with Gasteiger partial charge >= 0.3 is 0 Å². The second-order valence-electron chi connectivity index (χ2n) is 7.58. The molecule has 4 rings (SSSR count). The van der Waals surface area contributed by atoms with Gasteiger partial charge in [-0.05, 0) is 30.4 Å². The van der Waals surface area contributed by atoms with Gasteiger partial charge in [0.15, 0.2) is 0 Å². The normalized spacial score (nSPS) is 20.1. The Hall–Kier alpha value is -2.74. The maximum absolute atomic E-state index is 12.8. The first kappa shape index (κ1) is 19.6. The molecule has 1 saturated heterocycles. The van der Waals surface area contributed by atoms with Gasteiger partial charge in [0, 0.05) is 37.2 Å². The van der Waals surface area contributed by atoms with Crippen LogP contribution in [-0.2, 0) is 9.59 Å². The van der Waals surface area contributed by atoms with Crippen molar-refractivity contribution < 1.29 is 14.4 Å². The van der Waals surface area contributed by atoms with Gasteiger partial charge in [0.25, 0.3) is 5.91 Å². The van der Waals surface area contributed by atoms with Gasteiger partial charge in [-0.1, -0.05) is 18.2 Å². The van der Waals surface area contributed by atoms with Crippen molar-refractivity contribution in [3.8, 4) is 0 Å². The Morgan fingerprint density at radius 2 is 2.07 bits per heavy atom. The Morgan fingerprint density at radius 1 is 1.31 bits per heavy atom. The first-order valence-corrected chi connectivity index (χ1v) is 10.7. The van der Waals surface area contributed by atoms with Crippen LogP contribution in [0.4, 0.5) is 0 Å². The summed E-state index contributed by atoms with van der Waals surface area (Å²) in [4.78, 5) is 42.8. The number of carbonyl (C=O) groups excluding carboxylic acids is 3. The predicted molar refractivity (Wildman–Crippen MR) is 109 cm³/mol. The lowest BCUT2D eigenvalue weighted by Crippen LogP contribution is -2.43. The zero-order chi connectivity index (χ0) is 20.4. The van der Waals surface area contributed by atoms with E-state index >= 15 is 0 Å². The Kier molecular flexibility index (Phi) is 5.62. The van der Waals surface area contributed by atoms with E-state index in [9.17, 15) is 14.4 Å². The predicted octanol–water partition coefficient (Wildman–Crippen LogP) is 2.43. The quantitative estimate of drug-likeness (QED) is 0.789. The summed E-state index contributed by atoms with van der Waals surface area (Å²) in [5.74, 6) is 0.120. The molecule has 0 saturated carbocycles. The number of nitrogens with one attached hydrogen (secondary N) is 2. The van der Waals surface area contributed by atoms with E-state index in [2.05, 4.69) is 15.6 Å². The molecule has 0 radical (unpaired) electrons. The summed E-state index contributed by atoms with van der Waals surface area (Å²) in [5, 5.41) is 8.77. The molecule has 0 unspecified atom stereocenters. The van der Waals surface area contributed by atoms with E-state index in [0.29, 0.717) is 18.7 Å². The summed E-state index contributed by atoms with van der Waals surface area (Å²) >= 11 is 1.54. The molecule has 2 aromatic rings. The molecule has 8 heteroatoms. The van der Waals surface area contributed by atoms with E-state index in [1.807, 2.05) is 28.5 Å². The molecule has 0 aliphatic carbocycles. The van der Waals surface area contributed by atoms with Crippen LogP contribution in [0.25, 0.3) is 0 Å². The largest absolute Gasteiger partial charge is 0.347 e. The smallest absolute Gasteiger partial charge is 0.252 e. The number of amides is 3. The average molecular weight is 413 g/mol. The number of piperidine rings is 1. The summed E-state index contributed by atoms with van der Waals surface area (Å²) in [5.41, 5.74) is 1.56. The Labute approximate surface area is 173 Å². The number of thiazole rings is 1. The Balaban J connectivity index is 1.36. The molecule has 2 aliphatic heterocycles. The minimum absolute atomic E-state index is 0.0516. The fourth-order valence-corrected chi connectivity index (χ4v) is 5.04. The molecule has 2 aliphatic rings. The van der Waals surface area contributed by atoms with Crippen LogP contribution < -0.4 is 10.6 Å². The lowest BCUT2D eigenvalue weighted by Gasteiger charge is -2.36. The zero-order valence-electron chi connectivity index (χ0n) is 16.3. The third kappa shape index (κ3) is 4.17. The molecule has 29 heavy (non-hydrogen) atoms. The number of likely N-dealkylation sites (tertiary alicyclic amines) is 1. The van der Waals surface area contributed by atoms with Gasteiger partial charge in [0.2, 0.25) is 11.8 Å². The summed E-state index contributed by atoms with van der Waals surface area (Å²) in [6.07, 6.45) is 3.64. The average Bonchev–Trinajstić information content (AvgIpc) is 3.35. The number of aromatic nitrogens is 1. The second kappa shape index (κ2) is 8.32. The number of nitrogens with zero attached hydrogens (tertiary/aromatic N) is 2. The highest BCUT2D eigenvalue weighted by atomic mass is 32.1. The van der Waals surface area contributed by atoms with Crippen LogP contribution in [0.2, 0.25) is 0 Å². The Morgan fingerprint density at radius 3 is 2.76 bits per heavy atom. The summed E-state index contributed by atoms with van der Waals surface area (Å²) < 4.78 is 0. The molecule has 1 aromatic heterocycles. The van der Waals surface area contributed by atoms with Gasteiger partial charge in [0.1, 0.15) is 5.01 Å². The lowest BCUT2D eigenvalue weighted by molar-refractivity contribution is -0.133. The third-order valence-corrected chi connectivity index (χ3v) is 6.56. The summed E-state index contributed by atoms with van der Waals surface area (Å²) in [7, 11) is 0. The SMILES string of the molecule is CC(=O)N[C@@H](c1nccs1)C1CCN(C(=O)C[C@H]2NC(=O)c3ccccc32)CC1. The van der Waals surface area contributed by atoms with Gasteiger partial charge in [-0.15, -0.1) is 11.3 Å². The number of hydrogen-bond donors (Lipinski definition) is 2. The van der Waals surface area contributed by atoms with Crippen molar-refractivity contribution in [1.82, 2.24) is 20.5 Å². The first-order chi connectivity index (χ1) is 14.0. The maximum Gasteiger partial charge on any atom is 0.252 e. The van der Waals surface area contributed by atoms with Gasteiger partial charge in [0.05, 0.1) is 18.5 Å². The van der Waals surface area contributed by atoms with Crippen LogP contribution >= 0.6 is 11.3 Å². The van der Waals surface area contributed by atoms with Crippen molar-refractivity contribution in [2.45, 2.75) is 38.3 Å². The van der Waals surface area contributed by atoms with Crippen LogP contribution in [0.3, 0.4) is 0 Å². The zero-order valence-corrected chi connectivity index (χ0v) is 17.1. The highest BCUT2D eigenvalue weighted by Gasteiger charge is 2.34. The number of carbonyl (C=O) groups is 3. The van der Waals surface area contributed by atoms with E-state index < -0.39 is 0 Å². The van der Waals surface area contributed by atoms with Crippen molar-refractivity contribution >= 4 is 29.1 Å². The Bertz CT molecular complexity index is 906. The van der Waals surface area contributed by atoms with Crippen molar-refractivity contribution in [3.05, 3.63) is 52.0 Å². The molecule has 1 aromatic carbocycles. The molecule has 7 nitrogen and oxygen atoms in total. The topological polar surface area (TPSA) is 91.4 Å². The first-order valence-electron chi connectivity index (χ1n) is 9.87. The number of benzene rings is 1. The molecule has 2 atom stereocenters. The summed E-state index contributed by atoms with van der Waals surface area (Å²) in [6, 6.07) is 7.06. The van der Waals surface area contributed by atoms with Crippen LogP contribution in [-0.4, -0.2) is 40.7 Å². The van der Waals surface area contributed by atoms with E-state index in [1.54, 1.807) is 23.6 Å².